The standard InChI is InChI=1S/C20H32F2N4O3/c1-4-28-17-7-5-6-15(18(17)29-19(21)22)14-25-20(23-2)24-10-11-26(12-13-27-3)16-8-9-16/h5-7,16,19H,4,8-14H2,1-3H3,(H2,23,24,25). The predicted octanol–water partition coefficient (Wildman–Crippen LogP) is 2.46. The second kappa shape index (κ2) is 12.4. The lowest BCUT2D eigenvalue weighted by atomic mass is 10.2. The molecule has 164 valence electrons. The third-order valence-corrected chi connectivity index (χ3v) is 4.57. The maximum atomic E-state index is 12.8. The minimum absolute atomic E-state index is 0.0479. The zero-order chi connectivity index (χ0) is 21.1. The van der Waals surface area contributed by atoms with Gasteiger partial charge in [-0.1, -0.05) is 12.1 Å². The van der Waals surface area contributed by atoms with E-state index in [0.717, 1.165) is 19.6 Å². The van der Waals surface area contributed by atoms with E-state index in [1.165, 1.54) is 12.8 Å². The Morgan fingerprint density at radius 2 is 2.07 bits per heavy atom. The van der Waals surface area contributed by atoms with Crippen LogP contribution in [0.5, 0.6) is 11.5 Å². The predicted molar refractivity (Wildman–Crippen MR) is 109 cm³/mol. The molecule has 1 saturated carbocycles. The van der Waals surface area contributed by atoms with Crippen molar-refractivity contribution in [1.29, 1.82) is 0 Å². The Morgan fingerprint density at radius 3 is 2.69 bits per heavy atom. The van der Waals surface area contributed by atoms with Crippen LogP contribution in [0.1, 0.15) is 25.3 Å². The molecule has 9 heteroatoms. The van der Waals surface area contributed by atoms with Crippen molar-refractivity contribution in [3.8, 4) is 11.5 Å². The Labute approximate surface area is 171 Å². The molecule has 0 amide bonds. The van der Waals surface area contributed by atoms with Gasteiger partial charge in [-0.3, -0.25) is 9.89 Å². The van der Waals surface area contributed by atoms with Gasteiger partial charge < -0.3 is 24.8 Å². The fourth-order valence-corrected chi connectivity index (χ4v) is 3.04. The minimum atomic E-state index is -2.92. The lowest BCUT2D eigenvalue weighted by Gasteiger charge is -2.22. The van der Waals surface area contributed by atoms with E-state index in [9.17, 15) is 8.78 Å². The Balaban J connectivity index is 1.89. The molecule has 0 radical (unpaired) electrons. The van der Waals surface area contributed by atoms with Gasteiger partial charge in [0, 0.05) is 51.9 Å². The zero-order valence-electron chi connectivity index (χ0n) is 17.4. The van der Waals surface area contributed by atoms with Gasteiger partial charge in [0.15, 0.2) is 17.5 Å². The molecule has 0 heterocycles. The first-order valence-electron chi connectivity index (χ1n) is 9.96. The van der Waals surface area contributed by atoms with Crippen LogP contribution in [0.4, 0.5) is 8.78 Å². The largest absolute Gasteiger partial charge is 0.490 e. The number of nitrogens with one attached hydrogen (secondary N) is 2. The second-order valence-corrected chi connectivity index (χ2v) is 6.67. The molecular formula is C20H32F2N4O3. The van der Waals surface area contributed by atoms with Gasteiger partial charge in [-0.25, -0.2) is 0 Å². The number of para-hydroxylation sites is 1. The van der Waals surface area contributed by atoms with Gasteiger partial charge in [0.1, 0.15) is 0 Å². The van der Waals surface area contributed by atoms with Crippen LogP contribution in [0.2, 0.25) is 0 Å². The number of halogens is 2. The number of nitrogens with zero attached hydrogens (tertiary/aromatic N) is 2. The molecule has 2 N–H and O–H groups in total. The highest BCUT2D eigenvalue weighted by atomic mass is 19.3. The number of ether oxygens (including phenoxy) is 3. The van der Waals surface area contributed by atoms with Crippen LogP contribution < -0.4 is 20.1 Å². The summed E-state index contributed by atoms with van der Waals surface area (Å²) >= 11 is 0. The molecule has 29 heavy (non-hydrogen) atoms. The molecule has 2 rings (SSSR count). The van der Waals surface area contributed by atoms with Crippen LogP contribution in [0.25, 0.3) is 0 Å². The monoisotopic (exact) mass is 414 g/mol. The Kier molecular flexibility index (Phi) is 9.93. The van der Waals surface area contributed by atoms with E-state index >= 15 is 0 Å². The second-order valence-electron chi connectivity index (χ2n) is 6.67. The first kappa shape index (κ1) is 23.2. The van der Waals surface area contributed by atoms with Crippen molar-refractivity contribution in [2.24, 2.45) is 4.99 Å². The minimum Gasteiger partial charge on any atom is -0.490 e. The summed E-state index contributed by atoms with van der Waals surface area (Å²) in [6.45, 7) is 2.74. The average molecular weight is 414 g/mol. The van der Waals surface area contributed by atoms with Crippen LogP contribution in [0, 0.1) is 0 Å². The quantitative estimate of drug-likeness (QED) is 0.382. The van der Waals surface area contributed by atoms with Crippen LogP contribution in [-0.4, -0.2) is 70.5 Å². The third-order valence-electron chi connectivity index (χ3n) is 4.57. The van der Waals surface area contributed by atoms with Gasteiger partial charge in [-0.15, -0.1) is 0 Å². The van der Waals surface area contributed by atoms with Crippen molar-refractivity contribution in [3.05, 3.63) is 23.8 Å². The van der Waals surface area contributed by atoms with E-state index in [4.69, 9.17) is 14.2 Å². The van der Waals surface area contributed by atoms with E-state index in [1.807, 2.05) is 0 Å². The highest BCUT2D eigenvalue weighted by Gasteiger charge is 2.28. The molecule has 1 aliphatic carbocycles. The first-order valence-corrected chi connectivity index (χ1v) is 9.96. The van der Waals surface area contributed by atoms with E-state index in [2.05, 4.69) is 20.5 Å². The van der Waals surface area contributed by atoms with Crippen LogP contribution in [0.3, 0.4) is 0 Å². The fourth-order valence-electron chi connectivity index (χ4n) is 3.04. The molecule has 1 aromatic carbocycles. The van der Waals surface area contributed by atoms with Crippen molar-refractivity contribution < 1.29 is 23.0 Å². The lowest BCUT2D eigenvalue weighted by molar-refractivity contribution is -0.0520. The van der Waals surface area contributed by atoms with Gasteiger partial charge in [-0.05, 0) is 25.8 Å². The summed E-state index contributed by atoms with van der Waals surface area (Å²) in [4.78, 5) is 6.61. The number of alkyl halides is 2. The van der Waals surface area contributed by atoms with Crippen molar-refractivity contribution in [3.63, 3.8) is 0 Å². The highest BCUT2D eigenvalue weighted by molar-refractivity contribution is 5.79. The maximum Gasteiger partial charge on any atom is 0.387 e. The molecule has 0 atom stereocenters. The number of hydrogen-bond donors (Lipinski definition) is 2. The molecule has 1 fully saturated rings. The summed E-state index contributed by atoms with van der Waals surface area (Å²) in [7, 11) is 3.38. The summed E-state index contributed by atoms with van der Waals surface area (Å²) in [6, 6.07) is 5.74. The molecule has 0 bridgehead atoms. The van der Waals surface area contributed by atoms with Gasteiger partial charge in [0.2, 0.25) is 0 Å². The Bertz CT molecular complexity index is 642. The van der Waals surface area contributed by atoms with E-state index in [0.29, 0.717) is 36.5 Å². The summed E-state index contributed by atoms with van der Waals surface area (Å²) in [5.74, 6) is 0.942. The lowest BCUT2D eigenvalue weighted by Crippen LogP contribution is -2.42. The number of benzene rings is 1. The molecule has 0 unspecified atom stereocenters. The van der Waals surface area contributed by atoms with Gasteiger partial charge in [0.25, 0.3) is 0 Å². The van der Waals surface area contributed by atoms with Gasteiger partial charge >= 0.3 is 6.61 Å². The topological polar surface area (TPSA) is 67.4 Å². The molecule has 7 nitrogen and oxygen atoms in total. The highest BCUT2D eigenvalue weighted by Crippen LogP contribution is 2.32. The molecule has 0 aromatic heterocycles. The van der Waals surface area contributed by atoms with Crippen LogP contribution in [0.15, 0.2) is 23.2 Å². The van der Waals surface area contributed by atoms with Gasteiger partial charge in [0.05, 0.1) is 13.2 Å². The third kappa shape index (κ3) is 8.02. The summed E-state index contributed by atoms with van der Waals surface area (Å²) in [5.41, 5.74) is 0.568. The molecule has 0 aliphatic heterocycles. The van der Waals surface area contributed by atoms with E-state index in [-0.39, 0.29) is 12.3 Å². The number of aliphatic imine (C=N–C) groups is 1. The van der Waals surface area contributed by atoms with Crippen molar-refractivity contribution in [2.75, 3.05) is 47.0 Å². The first-order chi connectivity index (χ1) is 14.1. The molecule has 1 aromatic rings. The summed E-state index contributed by atoms with van der Waals surface area (Å²) in [6.07, 6.45) is 2.47. The number of methoxy groups -OCH3 is 1. The van der Waals surface area contributed by atoms with E-state index in [1.54, 1.807) is 39.3 Å². The van der Waals surface area contributed by atoms with Crippen molar-refractivity contribution in [2.45, 2.75) is 39.0 Å². The Morgan fingerprint density at radius 1 is 1.28 bits per heavy atom. The Hall–Kier alpha value is -2.13. The normalized spacial score (nSPS) is 14.4. The molecule has 1 aliphatic rings. The van der Waals surface area contributed by atoms with Crippen LogP contribution in [-0.2, 0) is 11.3 Å². The van der Waals surface area contributed by atoms with Gasteiger partial charge in [-0.2, -0.15) is 8.78 Å². The zero-order valence-corrected chi connectivity index (χ0v) is 17.4. The van der Waals surface area contributed by atoms with E-state index < -0.39 is 6.61 Å². The summed E-state index contributed by atoms with van der Waals surface area (Å²) < 4.78 is 41.0. The molecule has 0 spiro atoms. The number of hydrogen-bond acceptors (Lipinski definition) is 5. The average Bonchev–Trinajstić information content (AvgIpc) is 3.54. The smallest absolute Gasteiger partial charge is 0.387 e. The van der Waals surface area contributed by atoms with Crippen molar-refractivity contribution >= 4 is 5.96 Å². The SMILES string of the molecule is CCOc1cccc(CNC(=NC)NCCN(CCOC)C2CC2)c1OC(F)F. The fraction of sp³-hybridized carbons (Fsp3) is 0.650. The molecule has 0 saturated heterocycles. The molecular weight excluding hydrogens is 382 g/mol. The number of guanidine groups is 1. The van der Waals surface area contributed by atoms with Crippen LogP contribution >= 0.6 is 0 Å². The number of rotatable bonds is 13. The summed E-state index contributed by atoms with van der Waals surface area (Å²) in [5, 5.41) is 6.41. The van der Waals surface area contributed by atoms with Crippen molar-refractivity contribution in [1.82, 2.24) is 15.5 Å². The maximum absolute atomic E-state index is 12.8.